The highest BCUT2D eigenvalue weighted by Gasteiger charge is 2.33. The maximum Gasteiger partial charge on any atom is 0.290 e. The highest BCUT2D eigenvalue weighted by atomic mass is 16.7. The quantitative estimate of drug-likeness (QED) is 0.736. The lowest BCUT2D eigenvalue weighted by Gasteiger charge is -2.29. The van der Waals surface area contributed by atoms with Crippen molar-refractivity contribution in [1.29, 1.82) is 0 Å². The van der Waals surface area contributed by atoms with Gasteiger partial charge in [-0.1, -0.05) is 20.8 Å². The van der Waals surface area contributed by atoms with Crippen LogP contribution in [0.4, 0.5) is 0 Å². The van der Waals surface area contributed by atoms with E-state index in [9.17, 15) is 9.59 Å². The highest BCUT2D eigenvalue weighted by Crippen LogP contribution is 2.20. The summed E-state index contributed by atoms with van der Waals surface area (Å²) in [5.41, 5.74) is -0.393. The van der Waals surface area contributed by atoms with Gasteiger partial charge >= 0.3 is 0 Å². The molecule has 0 aromatic heterocycles. The van der Waals surface area contributed by atoms with Crippen molar-refractivity contribution >= 4 is 11.8 Å². The van der Waals surface area contributed by atoms with Gasteiger partial charge in [-0.05, 0) is 5.41 Å². The Balaban J connectivity index is 2.73. The molecule has 96 valence electrons. The fourth-order valence-electron chi connectivity index (χ4n) is 1.38. The molecule has 0 saturated carbocycles. The first-order valence-electron chi connectivity index (χ1n) is 5.33. The lowest BCUT2D eigenvalue weighted by molar-refractivity contribution is -0.131. The van der Waals surface area contributed by atoms with E-state index in [1.807, 2.05) is 20.8 Å². The van der Waals surface area contributed by atoms with Gasteiger partial charge < -0.3 is 20.1 Å². The molecule has 1 unspecified atom stereocenters. The SMILES string of the molecule is CNC(=O)C(NC(=O)C1=COCO1)C(C)(C)C. The van der Waals surface area contributed by atoms with Crippen LogP contribution in [0.2, 0.25) is 0 Å². The van der Waals surface area contributed by atoms with Crippen molar-refractivity contribution in [3.63, 3.8) is 0 Å². The molecule has 1 heterocycles. The van der Waals surface area contributed by atoms with Gasteiger partial charge in [0.15, 0.2) is 0 Å². The summed E-state index contributed by atoms with van der Waals surface area (Å²) in [5, 5.41) is 5.15. The molecule has 1 aliphatic heterocycles. The number of nitrogens with one attached hydrogen (secondary N) is 2. The Hall–Kier alpha value is -1.72. The predicted octanol–water partition coefficient (Wildman–Crippen LogP) is 0.109. The number of carbonyl (C=O) groups is 2. The largest absolute Gasteiger partial charge is 0.461 e. The van der Waals surface area contributed by atoms with Gasteiger partial charge in [0.25, 0.3) is 5.91 Å². The molecule has 0 spiro atoms. The Bertz CT molecular complexity index is 344. The summed E-state index contributed by atoms with van der Waals surface area (Å²) in [4.78, 5) is 23.5. The number of hydrogen-bond donors (Lipinski definition) is 2. The smallest absolute Gasteiger partial charge is 0.290 e. The first-order valence-corrected chi connectivity index (χ1v) is 5.33. The van der Waals surface area contributed by atoms with Crippen molar-refractivity contribution < 1.29 is 19.1 Å². The van der Waals surface area contributed by atoms with E-state index in [0.717, 1.165) is 0 Å². The van der Waals surface area contributed by atoms with Gasteiger partial charge in [0.2, 0.25) is 18.5 Å². The molecule has 0 bridgehead atoms. The molecule has 0 aliphatic carbocycles. The molecule has 2 amide bonds. The molecule has 0 aromatic carbocycles. The van der Waals surface area contributed by atoms with Gasteiger partial charge in [0, 0.05) is 7.05 Å². The van der Waals surface area contributed by atoms with Gasteiger partial charge in [0.05, 0.1) is 0 Å². The molecule has 0 saturated heterocycles. The summed E-state index contributed by atoms with van der Waals surface area (Å²) in [6, 6.07) is -0.634. The monoisotopic (exact) mass is 242 g/mol. The summed E-state index contributed by atoms with van der Waals surface area (Å²) in [6.45, 7) is 5.64. The van der Waals surface area contributed by atoms with Crippen LogP contribution in [0.1, 0.15) is 20.8 Å². The zero-order valence-corrected chi connectivity index (χ0v) is 10.5. The van der Waals surface area contributed by atoms with Crippen LogP contribution < -0.4 is 10.6 Å². The third kappa shape index (κ3) is 3.37. The van der Waals surface area contributed by atoms with Crippen LogP contribution in [0.25, 0.3) is 0 Å². The van der Waals surface area contributed by atoms with Crippen LogP contribution in [0, 0.1) is 5.41 Å². The maximum absolute atomic E-state index is 11.8. The van der Waals surface area contributed by atoms with Crippen molar-refractivity contribution in [3.8, 4) is 0 Å². The molecule has 0 radical (unpaired) electrons. The van der Waals surface area contributed by atoms with Gasteiger partial charge in [-0.3, -0.25) is 9.59 Å². The third-order valence-corrected chi connectivity index (χ3v) is 2.35. The zero-order chi connectivity index (χ0) is 13.1. The van der Waals surface area contributed by atoms with Gasteiger partial charge in [-0.2, -0.15) is 0 Å². The molecule has 0 fully saturated rings. The lowest BCUT2D eigenvalue weighted by atomic mass is 9.86. The molecule has 1 aliphatic rings. The summed E-state index contributed by atoms with van der Waals surface area (Å²) in [5.74, 6) is -0.612. The minimum Gasteiger partial charge on any atom is -0.461 e. The van der Waals surface area contributed by atoms with E-state index >= 15 is 0 Å². The Morgan fingerprint density at radius 2 is 2.06 bits per heavy atom. The molecule has 2 N–H and O–H groups in total. The van der Waals surface area contributed by atoms with E-state index in [0.29, 0.717) is 0 Å². The van der Waals surface area contributed by atoms with Crippen LogP contribution >= 0.6 is 0 Å². The first kappa shape index (κ1) is 13.3. The minimum atomic E-state index is -0.634. The second-order valence-corrected chi connectivity index (χ2v) is 4.80. The molecule has 6 heteroatoms. The molecule has 1 rings (SSSR count). The number of hydrogen-bond acceptors (Lipinski definition) is 4. The van der Waals surface area contributed by atoms with E-state index in [2.05, 4.69) is 10.6 Å². The van der Waals surface area contributed by atoms with Crippen LogP contribution in [0.3, 0.4) is 0 Å². The molecule has 6 nitrogen and oxygen atoms in total. The van der Waals surface area contributed by atoms with Crippen LogP contribution in [0.5, 0.6) is 0 Å². The normalized spacial score (nSPS) is 16.4. The van der Waals surface area contributed by atoms with E-state index < -0.39 is 17.4 Å². The molecule has 17 heavy (non-hydrogen) atoms. The van der Waals surface area contributed by atoms with Crippen molar-refractivity contribution in [2.24, 2.45) is 5.41 Å². The summed E-state index contributed by atoms with van der Waals surface area (Å²) < 4.78 is 9.72. The molecular formula is C11H18N2O4. The third-order valence-electron chi connectivity index (χ3n) is 2.35. The molecular weight excluding hydrogens is 224 g/mol. The Morgan fingerprint density at radius 1 is 1.41 bits per heavy atom. The number of likely N-dealkylation sites (N-methyl/N-ethyl adjacent to an activating group) is 1. The fraction of sp³-hybridized carbons (Fsp3) is 0.636. The Labute approximate surface area is 100 Å². The average Bonchev–Trinajstić information content (AvgIpc) is 2.76. The van der Waals surface area contributed by atoms with E-state index in [-0.39, 0.29) is 18.5 Å². The fourth-order valence-corrected chi connectivity index (χ4v) is 1.38. The first-order chi connectivity index (χ1) is 7.86. The van der Waals surface area contributed by atoms with E-state index in [4.69, 9.17) is 9.47 Å². The van der Waals surface area contributed by atoms with Crippen LogP contribution in [0.15, 0.2) is 12.0 Å². The lowest BCUT2D eigenvalue weighted by Crippen LogP contribution is -2.53. The zero-order valence-electron chi connectivity index (χ0n) is 10.5. The molecule has 0 aromatic rings. The standard InChI is InChI=1S/C11H18N2O4/c1-11(2,3)8(10(15)12-4)13-9(14)7-5-16-6-17-7/h5,8H,6H2,1-4H3,(H,12,15)(H,13,14). The Morgan fingerprint density at radius 3 is 2.47 bits per heavy atom. The van der Waals surface area contributed by atoms with Crippen molar-refractivity contribution in [2.75, 3.05) is 13.8 Å². The van der Waals surface area contributed by atoms with Crippen molar-refractivity contribution in [2.45, 2.75) is 26.8 Å². The number of carbonyl (C=O) groups excluding carboxylic acids is 2. The average molecular weight is 242 g/mol. The molecule has 1 atom stereocenters. The Kier molecular flexibility index (Phi) is 3.98. The highest BCUT2D eigenvalue weighted by molar-refractivity contribution is 5.95. The number of rotatable bonds is 3. The minimum absolute atomic E-state index is 0.0307. The van der Waals surface area contributed by atoms with Crippen molar-refractivity contribution in [3.05, 3.63) is 12.0 Å². The van der Waals surface area contributed by atoms with Gasteiger partial charge in [0.1, 0.15) is 12.3 Å². The van der Waals surface area contributed by atoms with E-state index in [1.54, 1.807) is 0 Å². The topological polar surface area (TPSA) is 76.7 Å². The summed E-state index contributed by atoms with van der Waals surface area (Å²) >= 11 is 0. The van der Waals surface area contributed by atoms with Crippen LogP contribution in [-0.2, 0) is 19.1 Å². The number of ether oxygens (including phenoxy) is 2. The van der Waals surface area contributed by atoms with Crippen molar-refractivity contribution in [1.82, 2.24) is 10.6 Å². The second-order valence-electron chi connectivity index (χ2n) is 4.80. The maximum atomic E-state index is 11.8. The van der Waals surface area contributed by atoms with E-state index in [1.165, 1.54) is 13.3 Å². The second kappa shape index (κ2) is 5.07. The van der Waals surface area contributed by atoms with Crippen LogP contribution in [-0.4, -0.2) is 31.7 Å². The summed E-state index contributed by atoms with van der Waals surface area (Å²) in [7, 11) is 1.53. The summed E-state index contributed by atoms with van der Waals surface area (Å²) in [6.07, 6.45) is 1.24. The number of amides is 2. The predicted molar refractivity (Wildman–Crippen MR) is 60.6 cm³/mol. The van der Waals surface area contributed by atoms with Gasteiger partial charge in [-0.15, -0.1) is 0 Å². The van der Waals surface area contributed by atoms with Gasteiger partial charge in [-0.25, -0.2) is 0 Å².